The third-order valence-electron chi connectivity index (χ3n) is 4.32. The lowest BCUT2D eigenvalue weighted by Crippen LogP contribution is -2.30. The number of thiophene rings is 1. The number of hydrogen-bond acceptors (Lipinski definition) is 3. The Kier molecular flexibility index (Phi) is 5.47. The van der Waals surface area contributed by atoms with Crippen molar-refractivity contribution >= 4 is 64.0 Å². The van der Waals surface area contributed by atoms with Crippen molar-refractivity contribution in [3.8, 4) is 0 Å². The number of halogens is 2. The van der Waals surface area contributed by atoms with E-state index in [1.807, 2.05) is 36.4 Å². The van der Waals surface area contributed by atoms with Gasteiger partial charge in [0.05, 0.1) is 15.9 Å². The molecular weight excluding hydrogens is 478 g/mol. The topological polar surface area (TPSA) is 37.4 Å². The molecule has 0 aliphatic carbocycles. The molecule has 28 heavy (non-hydrogen) atoms. The molecule has 0 bridgehead atoms. The lowest BCUT2D eigenvalue weighted by atomic mass is 10.2. The Morgan fingerprint density at radius 2 is 1.54 bits per heavy atom. The number of fused-ring (bicyclic) bond motifs is 1. The minimum Gasteiger partial charge on any atom is -0.251 e. The van der Waals surface area contributed by atoms with Crippen molar-refractivity contribution in [2.45, 2.75) is 11.4 Å². The SMILES string of the molecule is O=S(=O)(c1ccccc1)N(Cc1ccc(Cl)cc1)c1sc2ccccc2c1Br. The van der Waals surface area contributed by atoms with Crippen LogP contribution in [0.2, 0.25) is 5.02 Å². The van der Waals surface area contributed by atoms with Gasteiger partial charge in [-0.1, -0.05) is 60.1 Å². The lowest BCUT2D eigenvalue weighted by Gasteiger charge is -2.24. The van der Waals surface area contributed by atoms with E-state index in [0.29, 0.717) is 10.0 Å². The summed E-state index contributed by atoms with van der Waals surface area (Å²) in [6, 6.07) is 23.6. The largest absolute Gasteiger partial charge is 0.265 e. The first-order chi connectivity index (χ1) is 13.5. The molecule has 0 atom stereocenters. The van der Waals surface area contributed by atoms with Crippen molar-refractivity contribution in [3.63, 3.8) is 0 Å². The van der Waals surface area contributed by atoms with E-state index in [-0.39, 0.29) is 11.4 Å². The molecule has 0 fully saturated rings. The summed E-state index contributed by atoms with van der Waals surface area (Å²) in [5, 5.41) is 2.26. The van der Waals surface area contributed by atoms with E-state index in [1.54, 1.807) is 42.5 Å². The Labute approximate surface area is 181 Å². The summed E-state index contributed by atoms with van der Waals surface area (Å²) < 4.78 is 30.3. The number of sulfonamides is 1. The van der Waals surface area contributed by atoms with Crippen LogP contribution >= 0.6 is 38.9 Å². The Balaban J connectivity index is 1.88. The highest BCUT2D eigenvalue weighted by atomic mass is 79.9. The maximum Gasteiger partial charge on any atom is 0.265 e. The quantitative estimate of drug-likeness (QED) is 0.310. The van der Waals surface area contributed by atoms with E-state index in [9.17, 15) is 8.42 Å². The molecule has 0 aliphatic rings. The Hall–Kier alpha value is -1.86. The molecule has 1 heterocycles. The van der Waals surface area contributed by atoms with Gasteiger partial charge in [0.15, 0.2) is 0 Å². The van der Waals surface area contributed by atoms with Gasteiger partial charge in [-0.3, -0.25) is 4.31 Å². The van der Waals surface area contributed by atoms with Crippen molar-refractivity contribution in [2.75, 3.05) is 4.31 Å². The monoisotopic (exact) mass is 491 g/mol. The molecule has 7 heteroatoms. The van der Waals surface area contributed by atoms with E-state index < -0.39 is 10.0 Å². The Bertz CT molecular complexity index is 1220. The molecule has 0 aliphatic heterocycles. The van der Waals surface area contributed by atoms with Crippen LogP contribution < -0.4 is 4.31 Å². The first-order valence-corrected chi connectivity index (χ1v) is 11.9. The predicted octanol–water partition coefficient (Wildman–Crippen LogP) is 6.71. The fraction of sp³-hybridized carbons (Fsp3) is 0.0476. The summed E-state index contributed by atoms with van der Waals surface area (Å²) in [4.78, 5) is 0.258. The molecule has 0 unspecified atom stereocenters. The van der Waals surface area contributed by atoms with E-state index in [2.05, 4.69) is 15.9 Å². The van der Waals surface area contributed by atoms with Crippen LogP contribution in [-0.4, -0.2) is 8.42 Å². The molecule has 0 saturated heterocycles. The Morgan fingerprint density at radius 1 is 0.893 bits per heavy atom. The first kappa shape index (κ1) is 19.5. The molecule has 4 aromatic rings. The number of benzene rings is 3. The molecule has 1 aromatic heterocycles. The molecule has 0 amide bonds. The Morgan fingerprint density at radius 3 is 2.21 bits per heavy atom. The van der Waals surface area contributed by atoms with Crippen molar-refractivity contribution in [2.24, 2.45) is 0 Å². The van der Waals surface area contributed by atoms with Gasteiger partial charge in [0.1, 0.15) is 5.00 Å². The van der Waals surface area contributed by atoms with Crippen molar-refractivity contribution in [1.82, 2.24) is 0 Å². The smallest absolute Gasteiger partial charge is 0.251 e. The lowest BCUT2D eigenvalue weighted by molar-refractivity contribution is 0.590. The maximum absolute atomic E-state index is 13.5. The highest BCUT2D eigenvalue weighted by Gasteiger charge is 2.29. The van der Waals surface area contributed by atoms with Gasteiger partial charge in [-0.05, 0) is 51.8 Å². The van der Waals surface area contributed by atoms with Crippen LogP contribution in [0.15, 0.2) is 88.2 Å². The molecule has 0 saturated carbocycles. The molecule has 0 radical (unpaired) electrons. The van der Waals surface area contributed by atoms with Gasteiger partial charge < -0.3 is 0 Å². The number of nitrogens with zero attached hydrogens (tertiary/aromatic N) is 1. The third-order valence-corrected chi connectivity index (χ3v) is 8.70. The number of rotatable bonds is 5. The zero-order valence-electron chi connectivity index (χ0n) is 14.5. The van der Waals surface area contributed by atoms with Crippen LogP contribution in [0.1, 0.15) is 5.56 Å². The second-order valence-corrected chi connectivity index (χ2v) is 10.3. The van der Waals surface area contributed by atoms with Gasteiger partial charge in [-0.15, -0.1) is 11.3 Å². The molecule has 3 nitrogen and oxygen atoms in total. The molecular formula is C21H15BrClNO2S2. The van der Waals surface area contributed by atoms with Crippen LogP contribution in [0, 0.1) is 0 Å². The van der Waals surface area contributed by atoms with Crippen molar-refractivity contribution in [3.05, 3.63) is 93.9 Å². The van der Waals surface area contributed by atoms with Crippen LogP contribution in [-0.2, 0) is 16.6 Å². The van der Waals surface area contributed by atoms with Gasteiger partial charge in [0, 0.05) is 15.1 Å². The van der Waals surface area contributed by atoms with E-state index in [4.69, 9.17) is 11.6 Å². The molecule has 3 aromatic carbocycles. The zero-order chi connectivity index (χ0) is 19.7. The highest BCUT2D eigenvalue weighted by molar-refractivity contribution is 9.10. The summed E-state index contributed by atoms with van der Waals surface area (Å²) >= 11 is 11.1. The molecule has 4 rings (SSSR count). The minimum atomic E-state index is -3.75. The summed E-state index contributed by atoms with van der Waals surface area (Å²) in [6.45, 7) is 0.208. The average molecular weight is 493 g/mol. The summed E-state index contributed by atoms with van der Waals surface area (Å²) in [5.41, 5.74) is 0.855. The normalized spacial score (nSPS) is 11.6. The van der Waals surface area contributed by atoms with Gasteiger partial charge in [0.25, 0.3) is 10.0 Å². The van der Waals surface area contributed by atoms with Crippen LogP contribution in [0.5, 0.6) is 0 Å². The first-order valence-electron chi connectivity index (χ1n) is 8.46. The van der Waals surface area contributed by atoms with Gasteiger partial charge >= 0.3 is 0 Å². The highest BCUT2D eigenvalue weighted by Crippen LogP contribution is 2.44. The van der Waals surface area contributed by atoms with Gasteiger partial charge in [0.2, 0.25) is 0 Å². The maximum atomic E-state index is 13.5. The minimum absolute atomic E-state index is 0.208. The fourth-order valence-corrected chi connectivity index (χ4v) is 6.87. The number of anilines is 1. The van der Waals surface area contributed by atoms with Crippen LogP contribution in [0.4, 0.5) is 5.00 Å². The second-order valence-electron chi connectivity index (χ2n) is 6.17. The summed E-state index contributed by atoms with van der Waals surface area (Å²) in [5.74, 6) is 0. The number of hydrogen-bond donors (Lipinski definition) is 0. The fourth-order valence-electron chi connectivity index (χ4n) is 2.90. The van der Waals surface area contributed by atoms with Crippen LogP contribution in [0.25, 0.3) is 10.1 Å². The van der Waals surface area contributed by atoms with Crippen LogP contribution in [0.3, 0.4) is 0 Å². The van der Waals surface area contributed by atoms with Gasteiger partial charge in [-0.2, -0.15) is 0 Å². The van der Waals surface area contributed by atoms with Crippen molar-refractivity contribution in [1.29, 1.82) is 0 Å². The summed E-state index contributed by atoms with van der Waals surface area (Å²) in [7, 11) is -3.75. The summed E-state index contributed by atoms with van der Waals surface area (Å²) in [6.07, 6.45) is 0. The zero-order valence-corrected chi connectivity index (χ0v) is 18.5. The standard InChI is InChI=1S/C21H15BrClNO2S2/c22-20-18-8-4-5-9-19(18)27-21(20)24(14-15-10-12-16(23)13-11-15)28(25,26)17-6-2-1-3-7-17/h1-13H,14H2. The predicted molar refractivity (Wildman–Crippen MR) is 121 cm³/mol. The molecule has 142 valence electrons. The molecule has 0 spiro atoms. The van der Waals surface area contributed by atoms with E-state index in [1.165, 1.54) is 15.6 Å². The molecule has 0 N–H and O–H groups in total. The average Bonchev–Trinajstić information content (AvgIpc) is 3.04. The van der Waals surface area contributed by atoms with Crippen molar-refractivity contribution < 1.29 is 8.42 Å². The van der Waals surface area contributed by atoms with E-state index in [0.717, 1.165) is 20.1 Å². The van der Waals surface area contributed by atoms with Gasteiger partial charge in [-0.25, -0.2) is 8.42 Å². The van der Waals surface area contributed by atoms with E-state index >= 15 is 0 Å². The second kappa shape index (κ2) is 7.87. The third kappa shape index (κ3) is 3.70.